The highest BCUT2D eigenvalue weighted by atomic mass is 35.5. The van der Waals surface area contributed by atoms with Crippen LogP contribution in [0.1, 0.15) is 10.4 Å². The first kappa shape index (κ1) is 17.9. The minimum atomic E-state index is -0.501. The lowest BCUT2D eigenvalue weighted by Crippen LogP contribution is -2.12. The topological polar surface area (TPSA) is 59.3 Å². The van der Waals surface area contributed by atoms with E-state index in [2.05, 4.69) is 5.32 Å². The van der Waals surface area contributed by atoms with Gasteiger partial charge in [-0.05, 0) is 48.5 Å². The van der Waals surface area contributed by atoms with Gasteiger partial charge < -0.3 is 9.73 Å². The van der Waals surface area contributed by atoms with Gasteiger partial charge in [0, 0.05) is 22.9 Å². The number of rotatable bonds is 3. The van der Waals surface area contributed by atoms with Crippen LogP contribution in [0.2, 0.25) is 5.02 Å². The van der Waals surface area contributed by atoms with E-state index in [-0.39, 0.29) is 11.0 Å². The van der Waals surface area contributed by atoms with E-state index in [1.54, 1.807) is 36.4 Å². The third-order valence-electron chi connectivity index (χ3n) is 4.21. The molecule has 6 heteroatoms. The summed E-state index contributed by atoms with van der Waals surface area (Å²) in [7, 11) is 0. The van der Waals surface area contributed by atoms with Crippen LogP contribution in [-0.2, 0) is 0 Å². The summed E-state index contributed by atoms with van der Waals surface area (Å²) in [6.45, 7) is 0. The van der Waals surface area contributed by atoms with Crippen molar-refractivity contribution < 1.29 is 13.6 Å². The molecule has 1 aromatic heterocycles. The Labute approximate surface area is 164 Å². The van der Waals surface area contributed by atoms with Crippen molar-refractivity contribution in [2.75, 3.05) is 5.32 Å². The summed E-state index contributed by atoms with van der Waals surface area (Å²) in [6.07, 6.45) is 0. The number of amides is 1. The SMILES string of the molecule is O=C(Nc1ccc2oc(-c3ccccc3Cl)cc(=O)c2c1)c1cccc(F)c1. The van der Waals surface area contributed by atoms with Crippen molar-refractivity contribution in [3.8, 4) is 11.3 Å². The zero-order valence-electron chi connectivity index (χ0n) is 14.4. The Morgan fingerprint density at radius 1 is 0.964 bits per heavy atom. The lowest BCUT2D eigenvalue weighted by molar-refractivity contribution is 0.102. The molecule has 0 saturated carbocycles. The average molecular weight is 394 g/mol. The molecule has 0 aliphatic rings. The van der Waals surface area contributed by atoms with Crippen LogP contribution in [0.15, 0.2) is 82.0 Å². The summed E-state index contributed by atoms with van der Waals surface area (Å²) >= 11 is 6.18. The van der Waals surface area contributed by atoms with E-state index >= 15 is 0 Å². The van der Waals surface area contributed by atoms with Crippen LogP contribution in [0.4, 0.5) is 10.1 Å². The van der Waals surface area contributed by atoms with Crippen LogP contribution in [-0.4, -0.2) is 5.91 Å². The molecule has 4 aromatic rings. The number of hydrogen-bond acceptors (Lipinski definition) is 3. The average Bonchev–Trinajstić information content (AvgIpc) is 2.68. The highest BCUT2D eigenvalue weighted by Gasteiger charge is 2.12. The maximum Gasteiger partial charge on any atom is 0.255 e. The normalized spacial score (nSPS) is 10.8. The molecule has 138 valence electrons. The summed E-state index contributed by atoms with van der Waals surface area (Å²) < 4.78 is 19.1. The Morgan fingerprint density at radius 3 is 2.57 bits per heavy atom. The Kier molecular flexibility index (Phi) is 4.67. The van der Waals surface area contributed by atoms with Crippen molar-refractivity contribution in [3.05, 3.63) is 99.4 Å². The zero-order valence-corrected chi connectivity index (χ0v) is 15.2. The van der Waals surface area contributed by atoms with Crippen LogP contribution < -0.4 is 10.7 Å². The van der Waals surface area contributed by atoms with Gasteiger partial charge in [0.25, 0.3) is 5.91 Å². The second-order valence-corrected chi connectivity index (χ2v) is 6.54. The summed E-state index contributed by atoms with van der Waals surface area (Å²) in [5, 5.41) is 3.44. The van der Waals surface area contributed by atoms with Crippen molar-refractivity contribution in [2.24, 2.45) is 0 Å². The third-order valence-corrected chi connectivity index (χ3v) is 4.54. The van der Waals surface area contributed by atoms with Crippen molar-refractivity contribution in [2.45, 2.75) is 0 Å². The highest BCUT2D eigenvalue weighted by molar-refractivity contribution is 6.33. The van der Waals surface area contributed by atoms with Gasteiger partial charge in [-0.1, -0.05) is 29.8 Å². The van der Waals surface area contributed by atoms with Gasteiger partial charge in [0.2, 0.25) is 0 Å². The molecule has 1 heterocycles. The van der Waals surface area contributed by atoms with Gasteiger partial charge in [0.05, 0.1) is 10.4 Å². The van der Waals surface area contributed by atoms with Crippen molar-refractivity contribution >= 4 is 34.2 Å². The number of carbonyl (C=O) groups is 1. The van der Waals surface area contributed by atoms with Crippen molar-refractivity contribution in [3.63, 3.8) is 0 Å². The fraction of sp³-hybridized carbons (Fsp3) is 0. The Hall–Kier alpha value is -3.44. The molecule has 0 fully saturated rings. The largest absolute Gasteiger partial charge is 0.456 e. The van der Waals surface area contributed by atoms with E-state index in [1.807, 2.05) is 0 Å². The van der Waals surface area contributed by atoms with E-state index in [4.69, 9.17) is 16.0 Å². The molecule has 0 radical (unpaired) electrons. The van der Waals surface area contributed by atoms with E-state index in [0.717, 1.165) is 6.07 Å². The third kappa shape index (κ3) is 3.52. The lowest BCUT2D eigenvalue weighted by Gasteiger charge is -2.08. The molecule has 28 heavy (non-hydrogen) atoms. The minimum Gasteiger partial charge on any atom is -0.456 e. The first-order valence-corrected chi connectivity index (χ1v) is 8.79. The van der Waals surface area contributed by atoms with Crippen LogP contribution in [0.5, 0.6) is 0 Å². The standard InChI is InChI=1S/C22H13ClFNO3/c23-18-7-2-1-6-16(18)21-12-19(26)17-11-15(8-9-20(17)28-21)25-22(27)13-4-3-5-14(24)10-13/h1-12H,(H,25,27). The fourth-order valence-corrected chi connectivity index (χ4v) is 3.09. The van der Waals surface area contributed by atoms with Gasteiger partial charge in [0.15, 0.2) is 5.43 Å². The van der Waals surface area contributed by atoms with Gasteiger partial charge >= 0.3 is 0 Å². The van der Waals surface area contributed by atoms with E-state index in [9.17, 15) is 14.0 Å². The summed E-state index contributed by atoms with van der Waals surface area (Å²) in [6, 6.07) is 18.5. The predicted molar refractivity (Wildman–Crippen MR) is 107 cm³/mol. The molecule has 1 amide bonds. The van der Waals surface area contributed by atoms with Crippen LogP contribution in [0.25, 0.3) is 22.3 Å². The highest BCUT2D eigenvalue weighted by Crippen LogP contribution is 2.29. The van der Waals surface area contributed by atoms with Crippen LogP contribution in [0, 0.1) is 5.82 Å². The summed E-state index contributed by atoms with van der Waals surface area (Å²) in [5.74, 6) is -0.616. The molecular formula is C22H13ClFNO3. The van der Waals surface area contributed by atoms with E-state index in [1.165, 1.54) is 30.3 Å². The number of hydrogen-bond donors (Lipinski definition) is 1. The molecule has 0 aliphatic heterocycles. The van der Waals surface area contributed by atoms with Crippen molar-refractivity contribution in [1.29, 1.82) is 0 Å². The molecular weight excluding hydrogens is 381 g/mol. The molecule has 0 spiro atoms. The molecule has 4 nitrogen and oxygen atoms in total. The molecule has 0 saturated heterocycles. The molecule has 1 N–H and O–H groups in total. The molecule has 0 aliphatic carbocycles. The zero-order chi connectivity index (χ0) is 19.7. The predicted octanol–water partition coefficient (Wildman–Crippen LogP) is 5.50. The molecule has 0 bridgehead atoms. The second kappa shape index (κ2) is 7.29. The Morgan fingerprint density at radius 2 is 1.79 bits per heavy atom. The summed E-state index contributed by atoms with van der Waals surface area (Å²) in [4.78, 5) is 24.8. The van der Waals surface area contributed by atoms with Gasteiger partial charge in [-0.2, -0.15) is 0 Å². The maximum atomic E-state index is 13.3. The first-order valence-electron chi connectivity index (χ1n) is 8.41. The smallest absolute Gasteiger partial charge is 0.255 e. The molecule has 3 aromatic carbocycles. The quantitative estimate of drug-likeness (QED) is 0.499. The number of carbonyl (C=O) groups excluding carboxylic acids is 1. The number of anilines is 1. The lowest BCUT2D eigenvalue weighted by atomic mass is 10.1. The van der Waals surface area contributed by atoms with Crippen molar-refractivity contribution in [1.82, 2.24) is 0 Å². The monoisotopic (exact) mass is 393 g/mol. The molecule has 4 rings (SSSR count). The van der Waals surface area contributed by atoms with Gasteiger partial charge in [-0.3, -0.25) is 9.59 Å². The summed E-state index contributed by atoms with van der Waals surface area (Å²) in [5.41, 5.74) is 1.30. The number of halogens is 2. The maximum absolute atomic E-state index is 13.3. The first-order chi connectivity index (χ1) is 13.5. The van der Waals surface area contributed by atoms with Gasteiger partial charge in [-0.15, -0.1) is 0 Å². The number of fused-ring (bicyclic) bond motifs is 1. The Balaban J connectivity index is 1.69. The van der Waals surface area contributed by atoms with Crippen LogP contribution >= 0.6 is 11.6 Å². The van der Waals surface area contributed by atoms with E-state index in [0.29, 0.717) is 33.0 Å². The van der Waals surface area contributed by atoms with E-state index < -0.39 is 11.7 Å². The fourth-order valence-electron chi connectivity index (χ4n) is 2.86. The second-order valence-electron chi connectivity index (χ2n) is 6.13. The Bertz CT molecular complexity index is 1270. The van der Waals surface area contributed by atoms with Crippen LogP contribution in [0.3, 0.4) is 0 Å². The molecule has 0 atom stereocenters. The number of benzene rings is 3. The van der Waals surface area contributed by atoms with Gasteiger partial charge in [0.1, 0.15) is 17.2 Å². The molecule has 0 unspecified atom stereocenters. The van der Waals surface area contributed by atoms with Gasteiger partial charge in [-0.25, -0.2) is 4.39 Å². The number of nitrogens with one attached hydrogen (secondary N) is 1. The minimum absolute atomic E-state index is 0.182.